The molecule has 3 rings (SSSR count). The summed E-state index contributed by atoms with van der Waals surface area (Å²) in [5.74, 6) is -0.530. The molecule has 1 heterocycles. The molecule has 138 valence electrons. The molecule has 0 saturated carbocycles. The molecular formula is C18H12ClFN2O5. The third-order valence-electron chi connectivity index (χ3n) is 3.37. The predicted molar refractivity (Wildman–Crippen MR) is 94.2 cm³/mol. The molecule has 27 heavy (non-hydrogen) atoms. The normalized spacial score (nSPS) is 10.3. The van der Waals surface area contributed by atoms with Crippen LogP contribution in [0.25, 0.3) is 11.4 Å². The fourth-order valence-corrected chi connectivity index (χ4v) is 2.34. The van der Waals surface area contributed by atoms with Crippen LogP contribution in [-0.4, -0.2) is 28.3 Å². The Morgan fingerprint density at radius 1 is 1.15 bits per heavy atom. The van der Waals surface area contributed by atoms with Gasteiger partial charge in [-0.2, -0.15) is 4.98 Å². The van der Waals surface area contributed by atoms with Crippen molar-refractivity contribution in [3.63, 3.8) is 0 Å². The number of hydrogen-bond donors (Lipinski definition) is 1. The highest BCUT2D eigenvalue weighted by atomic mass is 35.5. The summed E-state index contributed by atoms with van der Waals surface area (Å²) in [5.41, 5.74) is 0.430. The van der Waals surface area contributed by atoms with Gasteiger partial charge in [0.05, 0.1) is 18.3 Å². The lowest BCUT2D eigenvalue weighted by Crippen LogP contribution is -2.06. The van der Waals surface area contributed by atoms with E-state index < -0.39 is 12.0 Å². The number of halogens is 2. The maximum Gasteiger partial charge on any atom is 0.511 e. The summed E-state index contributed by atoms with van der Waals surface area (Å²) in [5, 5.41) is 9.17. The van der Waals surface area contributed by atoms with E-state index in [9.17, 15) is 9.18 Å². The Hall–Kier alpha value is -3.39. The standard InChI is InChI=1S/C18H12ClFN2O5/c1-25-14-8-10(6-7-12(14)20)16-21-9-15(27-18(23)24)17(22-16)26-13-5-3-2-4-11(13)19/h2-9H,1H3,(H,23,24). The Morgan fingerprint density at radius 3 is 2.63 bits per heavy atom. The molecule has 0 radical (unpaired) electrons. The zero-order valence-corrected chi connectivity index (χ0v) is 14.6. The molecule has 2 aromatic carbocycles. The van der Waals surface area contributed by atoms with Crippen LogP contribution < -0.4 is 14.2 Å². The van der Waals surface area contributed by atoms with Crippen LogP contribution in [0.2, 0.25) is 5.02 Å². The molecular weight excluding hydrogens is 379 g/mol. The van der Waals surface area contributed by atoms with Crippen LogP contribution in [0.1, 0.15) is 0 Å². The zero-order chi connectivity index (χ0) is 19.4. The highest BCUT2D eigenvalue weighted by Gasteiger charge is 2.17. The van der Waals surface area contributed by atoms with Crippen LogP contribution in [-0.2, 0) is 0 Å². The molecule has 0 unspecified atom stereocenters. The number of hydrogen-bond acceptors (Lipinski definition) is 6. The molecule has 1 N–H and O–H groups in total. The van der Waals surface area contributed by atoms with Gasteiger partial charge in [0.15, 0.2) is 17.4 Å². The largest absolute Gasteiger partial charge is 0.511 e. The average Bonchev–Trinajstić information content (AvgIpc) is 2.65. The van der Waals surface area contributed by atoms with Gasteiger partial charge >= 0.3 is 6.16 Å². The minimum Gasteiger partial charge on any atom is -0.494 e. The van der Waals surface area contributed by atoms with Crippen LogP contribution in [0.3, 0.4) is 0 Å². The number of carbonyl (C=O) groups is 1. The summed E-state index contributed by atoms with van der Waals surface area (Å²) >= 11 is 6.06. The molecule has 0 aliphatic heterocycles. The van der Waals surface area contributed by atoms with E-state index in [1.165, 1.54) is 25.3 Å². The molecule has 0 fully saturated rings. The van der Waals surface area contributed by atoms with Gasteiger partial charge in [0.1, 0.15) is 5.75 Å². The van der Waals surface area contributed by atoms with E-state index in [1.54, 1.807) is 24.3 Å². The molecule has 9 heteroatoms. The van der Waals surface area contributed by atoms with Gasteiger partial charge in [-0.1, -0.05) is 23.7 Å². The lowest BCUT2D eigenvalue weighted by Gasteiger charge is -2.11. The topological polar surface area (TPSA) is 90.8 Å². The molecule has 0 aliphatic carbocycles. The first-order valence-electron chi connectivity index (χ1n) is 7.52. The van der Waals surface area contributed by atoms with Crippen molar-refractivity contribution in [2.45, 2.75) is 0 Å². The maximum atomic E-state index is 13.6. The number of ether oxygens (including phenoxy) is 3. The van der Waals surface area contributed by atoms with Gasteiger partial charge in [0, 0.05) is 5.56 Å². The second-order valence-electron chi connectivity index (χ2n) is 5.11. The fourth-order valence-electron chi connectivity index (χ4n) is 2.16. The van der Waals surface area contributed by atoms with Crippen molar-refractivity contribution in [2.75, 3.05) is 7.11 Å². The number of para-hydroxylation sites is 1. The summed E-state index contributed by atoms with van der Waals surface area (Å²) in [6, 6.07) is 10.6. The fraction of sp³-hybridized carbons (Fsp3) is 0.0556. The molecule has 0 saturated heterocycles. The van der Waals surface area contributed by atoms with E-state index in [0.29, 0.717) is 10.6 Å². The first-order chi connectivity index (χ1) is 13.0. The molecule has 3 aromatic rings. The summed E-state index contributed by atoms with van der Waals surface area (Å²) in [6.45, 7) is 0. The second-order valence-corrected chi connectivity index (χ2v) is 5.52. The minimum atomic E-state index is -1.56. The van der Waals surface area contributed by atoms with Gasteiger partial charge < -0.3 is 19.3 Å². The van der Waals surface area contributed by atoms with E-state index in [2.05, 4.69) is 14.7 Å². The number of benzene rings is 2. The van der Waals surface area contributed by atoms with Crippen LogP contribution in [0, 0.1) is 5.82 Å². The number of aromatic nitrogens is 2. The van der Waals surface area contributed by atoms with Crippen LogP contribution in [0.5, 0.6) is 23.1 Å². The highest BCUT2D eigenvalue weighted by Crippen LogP contribution is 2.35. The molecule has 0 atom stereocenters. The third-order valence-corrected chi connectivity index (χ3v) is 3.68. The molecule has 0 bridgehead atoms. The Kier molecular flexibility index (Phi) is 5.37. The Balaban J connectivity index is 2.05. The smallest absolute Gasteiger partial charge is 0.494 e. The van der Waals surface area contributed by atoms with Crippen molar-refractivity contribution < 1.29 is 28.5 Å². The van der Waals surface area contributed by atoms with Gasteiger partial charge in [0.2, 0.25) is 5.75 Å². The first kappa shape index (κ1) is 18.4. The van der Waals surface area contributed by atoms with Crippen LogP contribution >= 0.6 is 11.6 Å². The SMILES string of the molecule is COc1cc(-c2ncc(OC(=O)O)c(Oc3ccccc3Cl)n2)ccc1F. The monoisotopic (exact) mass is 390 g/mol. The summed E-state index contributed by atoms with van der Waals surface area (Å²) in [7, 11) is 1.33. The molecule has 0 spiro atoms. The van der Waals surface area contributed by atoms with E-state index in [4.69, 9.17) is 26.2 Å². The molecule has 0 aliphatic rings. The van der Waals surface area contributed by atoms with Crippen molar-refractivity contribution in [3.05, 3.63) is 59.5 Å². The Labute approximate surface area is 157 Å². The lowest BCUT2D eigenvalue weighted by atomic mass is 10.2. The molecule has 1 aromatic heterocycles. The van der Waals surface area contributed by atoms with Crippen molar-refractivity contribution >= 4 is 17.8 Å². The average molecular weight is 391 g/mol. The summed E-state index contributed by atoms with van der Waals surface area (Å²) in [6.07, 6.45) is -0.419. The zero-order valence-electron chi connectivity index (χ0n) is 13.8. The van der Waals surface area contributed by atoms with Gasteiger partial charge in [-0.05, 0) is 30.3 Å². The van der Waals surface area contributed by atoms with Gasteiger partial charge in [-0.3, -0.25) is 0 Å². The van der Waals surface area contributed by atoms with E-state index in [1.807, 2.05) is 0 Å². The highest BCUT2D eigenvalue weighted by molar-refractivity contribution is 6.32. The second kappa shape index (κ2) is 7.88. The summed E-state index contributed by atoms with van der Waals surface area (Å²) in [4.78, 5) is 19.1. The van der Waals surface area contributed by atoms with Crippen molar-refractivity contribution in [3.8, 4) is 34.5 Å². The number of carboxylic acid groups (broad SMARTS) is 1. The molecule has 0 amide bonds. The van der Waals surface area contributed by atoms with Gasteiger partial charge in [-0.15, -0.1) is 0 Å². The van der Waals surface area contributed by atoms with E-state index >= 15 is 0 Å². The number of nitrogens with zero attached hydrogens (tertiary/aromatic N) is 2. The Bertz CT molecular complexity index is 999. The molecule has 7 nitrogen and oxygen atoms in total. The third kappa shape index (κ3) is 4.24. The number of methoxy groups -OCH3 is 1. The van der Waals surface area contributed by atoms with Crippen LogP contribution in [0.4, 0.5) is 9.18 Å². The predicted octanol–water partition coefficient (Wildman–Crippen LogP) is 4.79. The van der Waals surface area contributed by atoms with Crippen molar-refractivity contribution in [2.24, 2.45) is 0 Å². The first-order valence-corrected chi connectivity index (χ1v) is 7.90. The van der Waals surface area contributed by atoms with E-state index in [-0.39, 0.29) is 29.0 Å². The van der Waals surface area contributed by atoms with Crippen LogP contribution in [0.15, 0.2) is 48.7 Å². The minimum absolute atomic E-state index is 0.00975. The van der Waals surface area contributed by atoms with Gasteiger partial charge in [-0.25, -0.2) is 14.2 Å². The lowest BCUT2D eigenvalue weighted by molar-refractivity contribution is 0.142. The van der Waals surface area contributed by atoms with Crippen molar-refractivity contribution in [1.29, 1.82) is 0 Å². The quantitative estimate of drug-likeness (QED) is 0.626. The number of rotatable bonds is 5. The van der Waals surface area contributed by atoms with Crippen molar-refractivity contribution in [1.82, 2.24) is 9.97 Å². The summed E-state index contributed by atoms with van der Waals surface area (Å²) < 4.78 is 28.8. The van der Waals surface area contributed by atoms with Gasteiger partial charge in [0.25, 0.3) is 5.88 Å². The van der Waals surface area contributed by atoms with E-state index in [0.717, 1.165) is 6.20 Å². The Morgan fingerprint density at radius 2 is 1.93 bits per heavy atom. The maximum absolute atomic E-state index is 13.6.